The topological polar surface area (TPSA) is 63.1 Å². The van der Waals surface area contributed by atoms with E-state index >= 15 is 0 Å². The van der Waals surface area contributed by atoms with Gasteiger partial charge in [0.2, 0.25) is 0 Å². The van der Waals surface area contributed by atoms with Crippen molar-refractivity contribution in [1.82, 2.24) is 9.97 Å². The van der Waals surface area contributed by atoms with Crippen molar-refractivity contribution in [1.29, 1.82) is 0 Å². The Kier molecular flexibility index (Phi) is 13.1. The molecule has 0 amide bonds. The number of carbonyl (C=O) groups is 1. The van der Waals surface area contributed by atoms with Crippen molar-refractivity contribution in [2.45, 2.75) is 26.9 Å². The third-order valence-electron chi connectivity index (χ3n) is 4.47. The number of rotatable bonds is 3. The van der Waals surface area contributed by atoms with E-state index in [1.807, 2.05) is 66.7 Å². The maximum atomic E-state index is 10.8. The Morgan fingerprint density at radius 3 is 1.71 bits per heavy atom. The Morgan fingerprint density at radius 2 is 1.29 bits per heavy atom. The molecule has 2 aromatic carbocycles. The fourth-order valence-corrected chi connectivity index (χ4v) is 3.73. The van der Waals surface area contributed by atoms with Crippen molar-refractivity contribution in [3.05, 3.63) is 128 Å². The highest BCUT2D eigenvalue weighted by molar-refractivity contribution is 9.11. The molecule has 2 heterocycles. The monoisotopic (exact) mass is 648 g/mol. The molecule has 0 spiro atoms. The number of Topliss-reactive ketones (excluding diaryl/α,β-unsaturated/α-hetero) is 1. The first-order valence-electron chi connectivity index (χ1n) is 9.91. The van der Waals surface area contributed by atoms with Crippen LogP contribution in [0.1, 0.15) is 42.8 Å². The molecule has 0 aliphatic carbocycles. The minimum absolute atomic E-state index is 0. The second-order valence-electron chi connectivity index (χ2n) is 7.06. The Labute approximate surface area is 226 Å². The zero-order valence-electron chi connectivity index (χ0n) is 18.1. The fourth-order valence-electron chi connectivity index (χ4n) is 2.66. The first-order chi connectivity index (χ1) is 15.7. The molecule has 0 aliphatic rings. The van der Waals surface area contributed by atoms with E-state index in [-0.39, 0.29) is 13.2 Å². The summed E-state index contributed by atoms with van der Waals surface area (Å²) >= 11 is 9.93. The maximum absolute atomic E-state index is 10.8. The van der Waals surface area contributed by atoms with Crippen LogP contribution in [0.15, 0.2) is 111 Å². The van der Waals surface area contributed by atoms with Gasteiger partial charge in [0.05, 0.1) is 0 Å². The van der Waals surface area contributed by atoms with E-state index in [2.05, 4.69) is 57.8 Å². The van der Waals surface area contributed by atoms with E-state index in [0.29, 0.717) is 0 Å². The van der Waals surface area contributed by atoms with E-state index in [4.69, 9.17) is 0 Å². The van der Waals surface area contributed by atoms with Crippen LogP contribution in [0.2, 0.25) is 0 Å². The Bertz CT molecular complexity index is 1150. The minimum atomic E-state index is -1.02. The number of carbonyl (C=O) groups excluding carboxylic acids is 1. The quantitative estimate of drug-likeness (QED) is 0.227. The lowest BCUT2D eigenvalue weighted by Crippen LogP contribution is -2.22. The summed E-state index contributed by atoms with van der Waals surface area (Å²) in [4.78, 5) is 18.6. The molecule has 1 unspecified atom stereocenters. The van der Waals surface area contributed by atoms with Crippen LogP contribution in [-0.2, 0) is 5.60 Å². The summed E-state index contributed by atoms with van der Waals surface area (Å²) < 4.78 is 2.92. The molecular formula is C27H27Br3N2O2. The van der Waals surface area contributed by atoms with Gasteiger partial charge in [0.25, 0.3) is 0 Å². The number of hydrogen-bond acceptors (Lipinski definition) is 4. The molecule has 4 rings (SSSR count). The summed E-state index contributed by atoms with van der Waals surface area (Å²) in [5, 5.41) is 10.5. The molecule has 4 nitrogen and oxygen atoms in total. The summed E-state index contributed by atoms with van der Waals surface area (Å²) in [7, 11) is 0. The number of nitrogens with zero attached hydrogens (tertiary/aromatic N) is 2. The van der Waals surface area contributed by atoms with Crippen molar-refractivity contribution in [3.63, 3.8) is 0 Å². The van der Waals surface area contributed by atoms with Crippen LogP contribution in [0.25, 0.3) is 0 Å². The molecule has 1 atom stereocenters. The Balaban J connectivity index is 0.000000275. The Hall–Kier alpha value is -2.19. The lowest BCUT2D eigenvalue weighted by Gasteiger charge is -2.24. The minimum Gasteiger partial charge on any atom is -0.381 e. The zero-order valence-corrected chi connectivity index (χ0v) is 22.9. The fraction of sp³-hybridized carbons (Fsp3) is 0.148. The number of halogens is 3. The first kappa shape index (κ1) is 29.8. The normalized spacial score (nSPS) is 11.4. The van der Waals surface area contributed by atoms with Gasteiger partial charge in [0, 0.05) is 49.3 Å². The van der Waals surface area contributed by atoms with Crippen LogP contribution in [0.3, 0.4) is 0 Å². The maximum Gasteiger partial charge on any atom is 0.159 e. The predicted molar refractivity (Wildman–Crippen MR) is 150 cm³/mol. The lowest BCUT2D eigenvalue weighted by molar-refractivity contribution is 0.101. The summed E-state index contributed by atoms with van der Waals surface area (Å²) in [6.45, 7) is 3.33. The molecule has 0 radical (unpaired) electrons. The highest BCUT2D eigenvalue weighted by Gasteiger charge is 2.25. The molecule has 7 heteroatoms. The molecule has 0 saturated heterocycles. The van der Waals surface area contributed by atoms with Gasteiger partial charge in [-0.1, -0.05) is 69.6 Å². The molecular weight excluding hydrogens is 624 g/mol. The van der Waals surface area contributed by atoms with Gasteiger partial charge < -0.3 is 5.11 Å². The van der Waals surface area contributed by atoms with Gasteiger partial charge in [-0.15, -0.1) is 0 Å². The van der Waals surface area contributed by atoms with Gasteiger partial charge in [-0.3, -0.25) is 14.8 Å². The first-order valence-corrected chi connectivity index (χ1v) is 12.3. The van der Waals surface area contributed by atoms with Crippen molar-refractivity contribution >= 4 is 53.6 Å². The molecule has 0 aliphatic heterocycles. The Morgan fingerprint density at radius 1 is 0.765 bits per heavy atom. The van der Waals surface area contributed by atoms with Gasteiger partial charge in [0.15, 0.2) is 5.78 Å². The van der Waals surface area contributed by atoms with Crippen LogP contribution in [0, 0.1) is 0 Å². The number of pyridine rings is 2. The van der Waals surface area contributed by atoms with E-state index in [1.54, 1.807) is 44.7 Å². The number of ketones is 1. The molecule has 34 heavy (non-hydrogen) atoms. The van der Waals surface area contributed by atoms with Gasteiger partial charge in [-0.25, -0.2) is 0 Å². The zero-order chi connectivity index (χ0) is 24.3. The summed E-state index contributed by atoms with van der Waals surface area (Å²) in [6, 6.07) is 22.5. The van der Waals surface area contributed by atoms with Crippen molar-refractivity contribution in [2.75, 3.05) is 0 Å². The van der Waals surface area contributed by atoms with E-state index in [1.165, 1.54) is 0 Å². The van der Waals surface area contributed by atoms with Gasteiger partial charge in [-0.2, -0.15) is 0 Å². The molecule has 4 aromatic rings. The number of aliphatic hydroxyl groups is 1. The standard InChI is InChI=1S/C13H12BrNO.C8H7BrO.C5H4BrN.CH4/c1-13(16,11-5-3-7-15-9-11)10-4-2-6-12(14)8-10;1-6(10)7-3-2-4-8(9)5-7;6-5-2-1-3-7-4-5;/h2-9,16H,1H3;2-5H,1H3;1-4H;1H4. The largest absolute Gasteiger partial charge is 0.381 e. The highest BCUT2D eigenvalue weighted by atomic mass is 79.9. The summed E-state index contributed by atoms with van der Waals surface area (Å²) in [5.41, 5.74) is 1.36. The summed E-state index contributed by atoms with van der Waals surface area (Å²) in [5.74, 6) is 0.0984. The second-order valence-corrected chi connectivity index (χ2v) is 9.81. The van der Waals surface area contributed by atoms with Crippen LogP contribution in [0.5, 0.6) is 0 Å². The number of benzene rings is 2. The molecule has 0 saturated carbocycles. The van der Waals surface area contributed by atoms with E-state index in [9.17, 15) is 9.90 Å². The second kappa shape index (κ2) is 14.9. The van der Waals surface area contributed by atoms with Crippen molar-refractivity contribution < 1.29 is 9.90 Å². The third-order valence-corrected chi connectivity index (χ3v) is 5.92. The average molecular weight is 651 g/mol. The lowest BCUT2D eigenvalue weighted by atomic mass is 9.89. The van der Waals surface area contributed by atoms with Crippen molar-refractivity contribution in [2.24, 2.45) is 0 Å². The van der Waals surface area contributed by atoms with Crippen LogP contribution < -0.4 is 0 Å². The van der Waals surface area contributed by atoms with Crippen LogP contribution in [0.4, 0.5) is 0 Å². The summed E-state index contributed by atoms with van der Waals surface area (Å²) in [6.07, 6.45) is 6.87. The number of aromatic nitrogens is 2. The SMILES string of the molecule is Brc1cccnc1.C.CC(=O)c1cccc(Br)c1.CC(O)(c1cccnc1)c1cccc(Br)c1. The van der Waals surface area contributed by atoms with Gasteiger partial charge in [-0.05, 0) is 77.8 Å². The van der Waals surface area contributed by atoms with Gasteiger partial charge in [0.1, 0.15) is 5.60 Å². The highest BCUT2D eigenvalue weighted by Crippen LogP contribution is 2.29. The van der Waals surface area contributed by atoms with Crippen LogP contribution in [-0.4, -0.2) is 20.9 Å². The molecule has 0 fully saturated rings. The molecule has 2 aromatic heterocycles. The number of hydrogen-bond donors (Lipinski definition) is 1. The molecule has 1 N–H and O–H groups in total. The van der Waals surface area contributed by atoms with Crippen LogP contribution >= 0.6 is 47.8 Å². The smallest absolute Gasteiger partial charge is 0.159 e. The third kappa shape index (κ3) is 9.97. The molecule has 178 valence electrons. The van der Waals surface area contributed by atoms with E-state index < -0.39 is 5.60 Å². The molecule has 0 bridgehead atoms. The van der Waals surface area contributed by atoms with Crippen molar-refractivity contribution in [3.8, 4) is 0 Å². The average Bonchev–Trinajstić information content (AvgIpc) is 2.81. The predicted octanol–water partition coefficient (Wildman–Crippen LogP) is 8.23. The van der Waals surface area contributed by atoms with E-state index in [0.717, 1.165) is 30.1 Å². The van der Waals surface area contributed by atoms with Gasteiger partial charge >= 0.3 is 0 Å².